The van der Waals surface area contributed by atoms with Crippen LogP contribution in [0.2, 0.25) is 18.1 Å². The van der Waals surface area contributed by atoms with Crippen LogP contribution < -0.4 is 0 Å². The third-order valence-corrected chi connectivity index (χ3v) is 16.6. The number of hydrogen-bond acceptors (Lipinski definition) is 4. The molecule has 0 aromatic heterocycles. The topological polar surface area (TPSA) is 44.8 Å². The van der Waals surface area contributed by atoms with Gasteiger partial charge in [-0.1, -0.05) is 41.5 Å². The molecule has 0 radical (unpaired) electrons. The molecule has 1 saturated heterocycles. The number of ether oxygens (including phenoxy) is 2. The number of ketones is 1. The second kappa shape index (κ2) is 7.64. The molecule has 4 nitrogen and oxygen atoms in total. The van der Waals surface area contributed by atoms with Crippen LogP contribution in [0.4, 0.5) is 0 Å². The number of fused-ring (bicyclic) bond motifs is 8. The lowest BCUT2D eigenvalue weighted by molar-refractivity contribution is -0.198. The molecule has 1 aliphatic heterocycles. The minimum Gasteiger partial charge on any atom is -0.413 e. The van der Waals surface area contributed by atoms with Crippen molar-refractivity contribution in [2.75, 3.05) is 0 Å². The van der Waals surface area contributed by atoms with Crippen molar-refractivity contribution in [2.45, 2.75) is 136 Å². The van der Waals surface area contributed by atoms with Crippen LogP contribution in [0.15, 0.2) is 0 Å². The molecule has 0 aromatic rings. The van der Waals surface area contributed by atoms with E-state index in [1.807, 2.05) is 0 Å². The van der Waals surface area contributed by atoms with Crippen LogP contribution in [0, 0.1) is 40.4 Å². The van der Waals surface area contributed by atoms with E-state index in [4.69, 9.17) is 13.9 Å². The Hall–Kier alpha value is -0.233. The SMILES string of the molecule is C[C@H]1CC(=O)CC2C3OC(C)(C)OC3C3C4CCC(O[Si](C)(C)C(C)(C)C)[C@@]4(C)CCC3[C@]21C. The van der Waals surface area contributed by atoms with Gasteiger partial charge in [0.2, 0.25) is 0 Å². The summed E-state index contributed by atoms with van der Waals surface area (Å²) >= 11 is 0. The van der Waals surface area contributed by atoms with Crippen LogP contribution >= 0.6 is 0 Å². The van der Waals surface area contributed by atoms with E-state index in [1.54, 1.807) is 0 Å². The summed E-state index contributed by atoms with van der Waals surface area (Å²) in [6.07, 6.45) is 6.77. The van der Waals surface area contributed by atoms with Gasteiger partial charge >= 0.3 is 0 Å². The summed E-state index contributed by atoms with van der Waals surface area (Å²) in [5.41, 5.74) is 0.345. The van der Waals surface area contributed by atoms with Crippen molar-refractivity contribution in [1.82, 2.24) is 0 Å². The van der Waals surface area contributed by atoms with Crippen molar-refractivity contribution in [2.24, 2.45) is 40.4 Å². The third-order valence-electron chi connectivity index (χ3n) is 12.1. The van der Waals surface area contributed by atoms with Crippen LogP contribution in [0.1, 0.15) is 93.9 Å². The minimum absolute atomic E-state index is 0.0376. The van der Waals surface area contributed by atoms with E-state index in [0.717, 1.165) is 6.42 Å². The third kappa shape index (κ3) is 3.49. The molecule has 34 heavy (non-hydrogen) atoms. The van der Waals surface area contributed by atoms with Crippen LogP contribution in [0.25, 0.3) is 0 Å². The molecular formula is C29H50O4Si. The molecule has 194 valence electrons. The van der Waals surface area contributed by atoms with Crippen molar-refractivity contribution >= 4 is 14.1 Å². The van der Waals surface area contributed by atoms with Gasteiger partial charge in [-0.15, -0.1) is 0 Å². The van der Waals surface area contributed by atoms with Crippen molar-refractivity contribution in [1.29, 1.82) is 0 Å². The van der Waals surface area contributed by atoms with Crippen molar-refractivity contribution in [3.8, 4) is 0 Å². The Morgan fingerprint density at radius 1 is 0.912 bits per heavy atom. The fourth-order valence-corrected chi connectivity index (χ4v) is 10.5. The van der Waals surface area contributed by atoms with Crippen LogP contribution in [-0.4, -0.2) is 38.2 Å². The molecule has 0 N–H and O–H groups in total. The lowest BCUT2D eigenvalue weighted by Crippen LogP contribution is -2.65. The van der Waals surface area contributed by atoms with Gasteiger partial charge in [-0.2, -0.15) is 0 Å². The first kappa shape index (κ1) is 25.4. The zero-order chi connectivity index (χ0) is 25.1. The average Bonchev–Trinajstić information content (AvgIpc) is 3.18. The normalized spacial score (nSPS) is 50.4. The van der Waals surface area contributed by atoms with Crippen molar-refractivity contribution in [3.63, 3.8) is 0 Å². The summed E-state index contributed by atoms with van der Waals surface area (Å²) in [6, 6.07) is 0. The van der Waals surface area contributed by atoms with Crippen molar-refractivity contribution < 1.29 is 18.7 Å². The minimum atomic E-state index is -1.84. The van der Waals surface area contributed by atoms with Gasteiger partial charge in [0.15, 0.2) is 14.1 Å². The molecule has 5 aliphatic rings. The maximum absolute atomic E-state index is 12.8. The second-order valence-electron chi connectivity index (χ2n) is 15.2. The van der Waals surface area contributed by atoms with E-state index in [2.05, 4.69) is 68.5 Å². The first-order valence-corrected chi connectivity index (χ1v) is 17.0. The molecule has 5 rings (SSSR count). The number of carbonyl (C=O) groups excluding carboxylic acids is 1. The van der Waals surface area contributed by atoms with Gasteiger partial charge in [-0.05, 0) is 92.2 Å². The Kier molecular flexibility index (Phi) is 5.72. The maximum Gasteiger partial charge on any atom is 0.192 e. The summed E-state index contributed by atoms with van der Waals surface area (Å²) < 4.78 is 20.6. The predicted octanol–water partition coefficient (Wildman–Crippen LogP) is 6.97. The highest BCUT2D eigenvalue weighted by molar-refractivity contribution is 6.74. The van der Waals surface area contributed by atoms with Gasteiger partial charge < -0.3 is 13.9 Å². The van der Waals surface area contributed by atoms with E-state index in [0.29, 0.717) is 42.0 Å². The number of hydrogen-bond donors (Lipinski definition) is 0. The fourth-order valence-electron chi connectivity index (χ4n) is 9.07. The Morgan fingerprint density at radius 2 is 1.56 bits per heavy atom. The zero-order valence-corrected chi connectivity index (χ0v) is 24.5. The van der Waals surface area contributed by atoms with E-state index < -0.39 is 14.1 Å². The molecule has 0 spiro atoms. The number of Topliss-reactive ketones (excluding diaryl/α,β-unsaturated/α-hetero) is 1. The molecule has 5 fully saturated rings. The van der Waals surface area contributed by atoms with Crippen LogP contribution in [0.5, 0.6) is 0 Å². The van der Waals surface area contributed by atoms with Gasteiger partial charge in [0.1, 0.15) is 5.78 Å². The van der Waals surface area contributed by atoms with Gasteiger partial charge in [0.05, 0.1) is 18.3 Å². The molecular weight excluding hydrogens is 440 g/mol. The second-order valence-corrected chi connectivity index (χ2v) is 19.9. The highest BCUT2D eigenvalue weighted by Crippen LogP contribution is 2.69. The number of rotatable bonds is 2. The summed E-state index contributed by atoms with van der Waals surface area (Å²) in [5, 5.41) is 0.228. The Bertz CT molecular complexity index is 846. The average molecular weight is 491 g/mol. The fraction of sp³-hybridized carbons (Fsp3) is 0.966. The molecule has 0 bridgehead atoms. The molecule has 10 atom stereocenters. The van der Waals surface area contributed by atoms with E-state index in [9.17, 15) is 4.79 Å². The molecule has 4 aliphatic carbocycles. The molecule has 0 amide bonds. The highest BCUT2D eigenvalue weighted by atomic mass is 28.4. The summed E-state index contributed by atoms with van der Waals surface area (Å²) in [5.74, 6) is 2.24. The molecule has 1 heterocycles. The summed E-state index contributed by atoms with van der Waals surface area (Å²) in [4.78, 5) is 12.8. The highest BCUT2D eigenvalue weighted by Gasteiger charge is 2.70. The van der Waals surface area contributed by atoms with E-state index >= 15 is 0 Å². The van der Waals surface area contributed by atoms with Crippen LogP contribution in [0.3, 0.4) is 0 Å². The van der Waals surface area contributed by atoms with Gasteiger partial charge in [0, 0.05) is 18.8 Å². The van der Waals surface area contributed by atoms with Crippen molar-refractivity contribution in [3.05, 3.63) is 0 Å². The summed E-state index contributed by atoms with van der Waals surface area (Å²) in [6.45, 7) is 23.4. The van der Waals surface area contributed by atoms with E-state index in [-0.39, 0.29) is 34.0 Å². The molecule has 0 aromatic carbocycles. The molecule has 7 unspecified atom stereocenters. The lowest BCUT2D eigenvalue weighted by Gasteiger charge is -2.64. The standard InChI is InChI=1S/C29H50O4Si/c1-17-15-18(30)16-21-24-25(32-27(5,6)31-24)23-19-11-12-22(33-34(9,10)26(2,3)4)28(19,7)14-13-20(23)29(17,21)8/h17,19-25H,11-16H2,1-10H3/t17-,19?,20?,21?,22?,23?,24?,25?,28-,29+/m0/s1. The van der Waals surface area contributed by atoms with Gasteiger partial charge in [-0.25, -0.2) is 0 Å². The quantitative estimate of drug-likeness (QED) is 0.392. The lowest BCUT2D eigenvalue weighted by atomic mass is 9.42. The Morgan fingerprint density at radius 3 is 2.21 bits per heavy atom. The largest absolute Gasteiger partial charge is 0.413 e. The first-order chi connectivity index (χ1) is 15.5. The van der Waals surface area contributed by atoms with Crippen LogP contribution in [-0.2, 0) is 18.7 Å². The van der Waals surface area contributed by atoms with Gasteiger partial charge in [0.25, 0.3) is 0 Å². The molecule has 5 heteroatoms. The first-order valence-electron chi connectivity index (χ1n) is 14.1. The summed E-state index contributed by atoms with van der Waals surface area (Å²) in [7, 11) is -1.84. The van der Waals surface area contributed by atoms with E-state index in [1.165, 1.54) is 25.7 Å². The van der Waals surface area contributed by atoms with Gasteiger partial charge in [-0.3, -0.25) is 4.79 Å². The maximum atomic E-state index is 12.8. The predicted molar refractivity (Wildman–Crippen MR) is 138 cm³/mol. The smallest absolute Gasteiger partial charge is 0.192 e. The zero-order valence-electron chi connectivity index (χ0n) is 23.5. The Labute approximate surface area is 209 Å². The number of carbonyl (C=O) groups is 1. The molecule has 4 saturated carbocycles. The Balaban J connectivity index is 1.52. The monoisotopic (exact) mass is 490 g/mol.